The average Bonchev–Trinajstić information content (AvgIpc) is 3.01. The summed E-state index contributed by atoms with van der Waals surface area (Å²) in [7, 11) is 0. The van der Waals surface area contributed by atoms with Crippen molar-refractivity contribution in [3.8, 4) is 0 Å². The van der Waals surface area contributed by atoms with Crippen LogP contribution in [0.3, 0.4) is 0 Å². The molecule has 0 fully saturated rings. The molecule has 1 atom stereocenters. The Hall–Kier alpha value is -1.53. The van der Waals surface area contributed by atoms with Crippen LogP contribution in [0, 0.1) is 0 Å². The molecule has 4 rings (SSSR count). The van der Waals surface area contributed by atoms with Crippen molar-refractivity contribution in [3.63, 3.8) is 0 Å². The molecule has 0 amide bonds. The molecule has 1 unspecified atom stereocenters. The monoisotopic (exact) mass is 274 g/mol. The first-order valence-corrected chi connectivity index (χ1v) is 7.24. The van der Waals surface area contributed by atoms with E-state index in [4.69, 9.17) is 4.74 Å². The predicted molar refractivity (Wildman–Crippen MR) is 73.4 cm³/mol. The Morgan fingerprint density at radius 2 is 2.37 bits per heavy atom. The van der Waals surface area contributed by atoms with Crippen LogP contribution in [0.4, 0.5) is 0 Å². The van der Waals surface area contributed by atoms with Crippen molar-refractivity contribution in [2.75, 3.05) is 0 Å². The predicted octanol–water partition coefficient (Wildman–Crippen LogP) is 2.58. The van der Waals surface area contributed by atoms with Gasteiger partial charge < -0.3 is 4.74 Å². The minimum atomic E-state index is -0.0755. The number of thiophene rings is 1. The van der Waals surface area contributed by atoms with E-state index in [0.29, 0.717) is 6.61 Å². The number of ether oxygens (including phenoxy) is 1. The van der Waals surface area contributed by atoms with Crippen LogP contribution < -0.4 is 0 Å². The number of hydrogen-bond acceptors (Lipinski definition) is 5. The first kappa shape index (κ1) is 11.3. The molecule has 0 saturated heterocycles. The number of aromatic nitrogens is 4. The summed E-state index contributed by atoms with van der Waals surface area (Å²) < 4.78 is 7.89. The van der Waals surface area contributed by atoms with Gasteiger partial charge in [0, 0.05) is 11.3 Å². The van der Waals surface area contributed by atoms with E-state index >= 15 is 0 Å². The second-order valence-electron chi connectivity index (χ2n) is 5.26. The number of fused-ring (bicyclic) bond motifs is 5. The summed E-state index contributed by atoms with van der Waals surface area (Å²) in [6.45, 7) is 5.03. The van der Waals surface area contributed by atoms with Crippen LogP contribution in [-0.2, 0) is 17.8 Å². The van der Waals surface area contributed by atoms with E-state index in [-0.39, 0.29) is 5.60 Å². The van der Waals surface area contributed by atoms with E-state index < -0.39 is 0 Å². The molecule has 0 radical (unpaired) electrons. The van der Waals surface area contributed by atoms with Crippen molar-refractivity contribution >= 4 is 27.2 Å². The van der Waals surface area contributed by atoms with Gasteiger partial charge in [-0.1, -0.05) is 6.92 Å². The van der Waals surface area contributed by atoms with E-state index in [2.05, 4.69) is 29.0 Å². The molecule has 0 saturated carbocycles. The van der Waals surface area contributed by atoms with Gasteiger partial charge in [0.25, 0.3) is 0 Å². The third kappa shape index (κ3) is 1.53. The summed E-state index contributed by atoms with van der Waals surface area (Å²) in [6, 6.07) is 0. The van der Waals surface area contributed by atoms with Crippen LogP contribution >= 0.6 is 11.3 Å². The molecular formula is C13H14N4OS. The minimum absolute atomic E-state index is 0.0755. The normalized spacial score (nSPS) is 23.1. The topological polar surface area (TPSA) is 52.3 Å². The number of hydrogen-bond donors (Lipinski definition) is 0. The Kier molecular flexibility index (Phi) is 2.23. The van der Waals surface area contributed by atoms with Gasteiger partial charge in [0.15, 0.2) is 5.65 Å². The quantitative estimate of drug-likeness (QED) is 0.684. The highest BCUT2D eigenvalue weighted by Crippen LogP contribution is 2.40. The standard InChI is InChI=1S/C13H14N4OS/c1-3-13(2)4-8-9(5-18-13)19-12-10(8)11-16-15-7-17(11)6-14-12/h6-7H,3-5H2,1-2H3. The molecule has 3 aromatic heterocycles. The maximum Gasteiger partial charge on any atom is 0.172 e. The third-order valence-corrected chi connectivity index (χ3v) is 5.13. The van der Waals surface area contributed by atoms with Crippen LogP contribution in [-0.4, -0.2) is 25.2 Å². The molecule has 0 aliphatic carbocycles. The van der Waals surface area contributed by atoms with Gasteiger partial charge in [-0.2, -0.15) is 0 Å². The van der Waals surface area contributed by atoms with Crippen LogP contribution in [0.1, 0.15) is 30.7 Å². The maximum absolute atomic E-state index is 6.00. The number of rotatable bonds is 1. The van der Waals surface area contributed by atoms with Crippen LogP contribution in [0.2, 0.25) is 0 Å². The highest BCUT2D eigenvalue weighted by atomic mass is 32.1. The van der Waals surface area contributed by atoms with Crippen LogP contribution in [0.25, 0.3) is 15.9 Å². The first-order chi connectivity index (χ1) is 9.20. The molecule has 19 heavy (non-hydrogen) atoms. The van der Waals surface area contributed by atoms with Crippen molar-refractivity contribution in [1.82, 2.24) is 19.6 Å². The minimum Gasteiger partial charge on any atom is -0.369 e. The largest absolute Gasteiger partial charge is 0.369 e. The van der Waals surface area contributed by atoms with E-state index in [1.54, 1.807) is 24.0 Å². The SMILES string of the molecule is CCC1(C)Cc2c(sc3ncn4cnnc4c23)CO1. The van der Waals surface area contributed by atoms with Gasteiger partial charge in [-0.3, -0.25) is 4.40 Å². The molecule has 0 bridgehead atoms. The second-order valence-corrected chi connectivity index (χ2v) is 6.34. The molecule has 3 aromatic rings. The maximum atomic E-state index is 6.00. The smallest absolute Gasteiger partial charge is 0.172 e. The van der Waals surface area contributed by atoms with Gasteiger partial charge in [-0.25, -0.2) is 4.98 Å². The first-order valence-electron chi connectivity index (χ1n) is 6.43. The van der Waals surface area contributed by atoms with Crippen molar-refractivity contribution in [2.24, 2.45) is 0 Å². The van der Waals surface area contributed by atoms with E-state index in [9.17, 15) is 0 Å². The summed E-state index contributed by atoms with van der Waals surface area (Å²) in [5.41, 5.74) is 2.18. The van der Waals surface area contributed by atoms with Gasteiger partial charge in [0.05, 0.1) is 17.6 Å². The lowest BCUT2D eigenvalue weighted by atomic mass is 9.90. The lowest BCUT2D eigenvalue weighted by molar-refractivity contribution is -0.0542. The van der Waals surface area contributed by atoms with Crippen molar-refractivity contribution in [3.05, 3.63) is 23.1 Å². The highest BCUT2D eigenvalue weighted by Gasteiger charge is 2.32. The summed E-state index contributed by atoms with van der Waals surface area (Å²) in [4.78, 5) is 6.82. The van der Waals surface area contributed by atoms with E-state index in [1.165, 1.54) is 10.4 Å². The van der Waals surface area contributed by atoms with Gasteiger partial charge in [0.2, 0.25) is 0 Å². The third-order valence-electron chi connectivity index (χ3n) is 4.02. The van der Waals surface area contributed by atoms with Crippen LogP contribution in [0.15, 0.2) is 12.7 Å². The fraction of sp³-hybridized carbons (Fsp3) is 0.462. The molecule has 5 nitrogen and oxygen atoms in total. The Morgan fingerprint density at radius 1 is 1.47 bits per heavy atom. The molecule has 1 aliphatic rings. The zero-order valence-electron chi connectivity index (χ0n) is 10.9. The Balaban J connectivity index is 2.03. The summed E-state index contributed by atoms with van der Waals surface area (Å²) in [5.74, 6) is 0. The van der Waals surface area contributed by atoms with Crippen LogP contribution in [0.5, 0.6) is 0 Å². The van der Waals surface area contributed by atoms with Gasteiger partial charge in [-0.05, 0) is 18.9 Å². The average molecular weight is 274 g/mol. The van der Waals surface area contributed by atoms with Crippen molar-refractivity contribution < 1.29 is 4.74 Å². The Bertz CT molecular complexity index is 777. The zero-order valence-corrected chi connectivity index (χ0v) is 11.7. The highest BCUT2D eigenvalue weighted by molar-refractivity contribution is 7.19. The Labute approximate surface area is 114 Å². The molecule has 1 aliphatic heterocycles. The molecule has 4 heterocycles. The molecule has 6 heteroatoms. The van der Waals surface area contributed by atoms with Gasteiger partial charge in [0.1, 0.15) is 17.5 Å². The molecular weight excluding hydrogens is 260 g/mol. The lowest BCUT2D eigenvalue weighted by Crippen LogP contribution is -2.33. The van der Waals surface area contributed by atoms with Gasteiger partial charge >= 0.3 is 0 Å². The van der Waals surface area contributed by atoms with E-state index in [0.717, 1.165) is 28.7 Å². The summed E-state index contributed by atoms with van der Waals surface area (Å²) in [6.07, 6.45) is 5.41. The summed E-state index contributed by atoms with van der Waals surface area (Å²) in [5, 5.41) is 9.38. The molecule has 98 valence electrons. The summed E-state index contributed by atoms with van der Waals surface area (Å²) >= 11 is 1.71. The Morgan fingerprint density at radius 3 is 3.21 bits per heavy atom. The molecule has 0 spiro atoms. The van der Waals surface area contributed by atoms with Gasteiger partial charge in [-0.15, -0.1) is 21.5 Å². The zero-order chi connectivity index (χ0) is 13.0. The van der Waals surface area contributed by atoms with Crippen molar-refractivity contribution in [2.45, 2.75) is 38.9 Å². The second kappa shape index (κ2) is 3.74. The van der Waals surface area contributed by atoms with E-state index in [1.807, 2.05) is 4.40 Å². The fourth-order valence-electron chi connectivity index (χ4n) is 2.64. The molecule has 0 N–H and O–H groups in total. The molecule has 0 aromatic carbocycles. The number of nitrogens with zero attached hydrogens (tertiary/aromatic N) is 4. The van der Waals surface area contributed by atoms with Crippen molar-refractivity contribution in [1.29, 1.82) is 0 Å². The lowest BCUT2D eigenvalue weighted by Gasteiger charge is -2.32. The fourth-order valence-corrected chi connectivity index (χ4v) is 3.70.